The number of anilines is 1. The van der Waals surface area contributed by atoms with Crippen molar-refractivity contribution in [1.82, 2.24) is 14.4 Å². The van der Waals surface area contributed by atoms with Crippen LogP contribution < -0.4 is 5.32 Å². The molecule has 1 atom stereocenters. The second kappa shape index (κ2) is 6.29. The minimum atomic E-state index is -0.409. The third-order valence-electron chi connectivity index (χ3n) is 5.45. The van der Waals surface area contributed by atoms with Crippen LogP contribution in [0, 0.1) is 6.92 Å². The highest BCUT2D eigenvalue weighted by Crippen LogP contribution is 2.40. The maximum absolute atomic E-state index is 12.4. The highest BCUT2D eigenvalue weighted by Gasteiger charge is 2.40. The number of benzene rings is 1. The number of fused-ring (bicyclic) bond motifs is 3. The number of imidazole rings is 1. The van der Waals surface area contributed by atoms with Gasteiger partial charge in [-0.3, -0.25) is 9.20 Å². The molecular weight excluding hydrogens is 384 g/mol. The van der Waals surface area contributed by atoms with E-state index in [2.05, 4.69) is 32.9 Å². The predicted molar refractivity (Wildman–Crippen MR) is 116 cm³/mol. The van der Waals surface area contributed by atoms with Crippen LogP contribution in [0.4, 0.5) is 5.82 Å². The Bertz CT molecular complexity index is 1270. The molecular formula is C22H22N4O2S. The Hall–Kier alpha value is -2.93. The van der Waals surface area contributed by atoms with E-state index in [0.29, 0.717) is 6.42 Å². The number of ether oxygens (including phenoxy) is 1. The first kappa shape index (κ1) is 18.1. The molecule has 1 aliphatic rings. The summed E-state index contributed by atoms with van der Waals surface area (Å²) in [7, 11) is 1.86. The van der Waals surface area contributed by atoms with Crippen LogP contribution in [-0.4, -0.2) is 33.0 Å². The second-order valence-corrected chi connectivity index (χ2v) is 9.16. The quantitative estimate of drug-likeness (QED) is 0.496. The smallest absolute Gasteiger partial charge is 0.314 e. The molecule has 3 aromatic heterocycles. The average molecular weight is 407 g/mol. The molecule has 1 aromatic carbocycles. The predicted octanol–water partition coefficient (Wildman–Crippen LogP) is 4.77. The number of cyclic esters (lactones) is 1. The second-order valence-electron chi connectivity index (χ2n) is 8.13. The molecule has 29 heavy (non-hydrogen) atoms. The normalized spacial score (nSPS) is 18.5. The summed E-state index contributed by atoms with van der Waals surface area (Å²) >= 11 is 1.69. The molecule has 0 radical (unpaired) electrons. The Labute approximate surface area is 172 Å². The molecule has 0 aliphatic carbocycles. The van der Waals surface area contributed by atoms with Crippen LogP contribution in [0.2, 0.25) is 0 Å². The Morgan fingerprint density at radius 3 is 2.86 bits per heavy atom. The van der Waals surface area contributed by atoms with Crippen LogP contribution in [0.3, 0.4) is 0 Å². The molecule has 5 rings (SSSR count). The molecule has 6 nitrogen and oxygen atoms in total. The maximum Gasteiger partial charge on any atom is 0.314 e. The molecule has 4 aromatic rings. The van der Waals surface area contributed by atoms with Crippen LogP contribution in [-0.2, 0) is 9.53 Å². The van der Waals surface area contributed by atoms with Crippen LogP contribution >= 0.6 is 11.3 Å². The van der Waals surface area contributed by atoms with Gasteiger partial charge in [-0.1, -0.05) is 18.2 Å². The zero-order valence-electron chi connectivity index (χ0n) is 16.8. The molecule has 4 heterocycles. The van der Waals surface area contributed by atoms with Crippen molar-refractivity contribution in [3.63, 3.8) is 0 Å². The summed E-state index contributed by atoms with van der Waals surface area (Å²) in [5, 5.41) is 3.14. The maximum atomic E-state index is 12.4. The molecule has 0 spiro atoms. The molecule has 1 aliphatic heterocycles. The van der Waals surface area contributed by atoms with Crippen molar-refractivity contribution in [2.45, 2.75) is 38.7 Å². The molecule has 1 saturated heterocycles. The number of thiophene rings is 1. The molecule has 0 bridgehead atoms. The number of nitrogens with zero attached hydrogens (tertiary/aromatic N) is 3. The van der Waals surface area contributed by atoms with Gasteiger partial charge in [-0.05, 0) is 44.0 Å². The summed E-state index contributed by atoms with van der Waals surface area (Å²) in [6.45, 7) is 5.97. The lowest BCUT2D eigenvalue weighted by molar-refractivity contribution is -0.146. The summed E-state index contributed by atoms with van der Waals surface area (Å²) in [6.07, 6.45) is 2.56. The van der Waals surface area contributed by atoms with E-state index in [0.717, 1.165) is 43.5 Å². The standard InChI is InChI=1S/C22H22N4O2S/c1-12-11-24-19-18(23-4)25-16-9-17(29-20(16)26(12)19)14-7-5-6-13(8-14)15-10-22(2,3)28-21(15)27/h5-9,11,15H,10H2,1-4H3,(H,23,25). The zero-order valence-corrected chi connectivity index (χ0v) is 17.6. The number of rotatable bonds is 3. The van der Waals surface area contributed by atoms with Gasteiger partial charge in [-0.15, -0.1) is 11.3 Å². The lowest BCUT2D eigenvalue weighted by atomic mass is 9.90. The van der Waals surface area contributed by atoms with E-state index in [1.165, 1.54) is 0 Å². The highest BCUT2D eigenvalue weighted by molar-refractivity contribution is 7.21. The number of carbonyl (C=O) groups excluding carboxylic acids is 1. The molecule has 1 fully saturated rings. The highest BCUT2D eigenvalue weighted by atomic mass is 32.1. The van der Waals surface area contributed by atoms with Crippen molar-refractivity contribution in [3.05, 3.63) is 47.8 Å². The minimum absolute atomic E-state index is 0.139. The fourth-order valence-electron chi connectivity index (χ4n) is 4.08. The molecule has 7 heteroatoms. The van der Waals surface area contributed by atoms with Crippen molar-refractivity contribution in [1.29, 1.82) is 0 Å². The lowest BCUT2D eigenvalue weighted by Gasteiger charge is -2.14. The van der Waals surface area contributed by atoms with Gasteiger partial charge in [0.1, 0.15) is 15.9 Å². The topological polar surface area (TPSA) is 68.5 Å². The van der Waals surface area contributed by atoms with Gasteiger partial charge in [0, 0.05) is 30.2 Å². The molecule has 0 saturated carbocycles. The monoisotopic (exact) mass is 406 g/mol. The van der Waals surface area contributed by atoms with Gasteiger partial charge in [-0.2, -0.15) is 0 Å². The van der Waals surface area contributed by atoms with Gasteiger partial charge in [0.05, 0.1) is 5.92 Å². The van der Waals surface area contributed by atoms with Crippen molar-refractivity contribution in [2.24, 2.45) is 0 Å². The van der Waals surface area contributed by atoms with E-state index >= 15 is 0 Å². The van der Waals surface area contributed by atoms with E-state index in [4.69, 9.17) is 9.72 Å². The lowest BCUT2D eigenvalue weighted by Crippen LogP contribution is -2.17. The van der Waals surface area contributed by atoms with Crippen molar-refractivity contribution in [2.75, 3.05) is 12.4 Å². The third-order valence-corrected chi connectivity index (χ3v) is 6.60. The van der Waals surface area contributed by atoms with Gasteiger partial charge in [0.15, 0.2) is 11.5 Å². The summed E-state index contributed by atoms with van der Waals surface area (Å²) in [4.78, 5) is 23.8. The first-order valence-corrected chi connectivity index (χ1v) is 10.5. The van der Waals surface area contributed by atoms with E-state index in [9.17, 15) is 4.79 Å². The van der Waals surface area contributed by atoms with Crippen molar-refractivity contribution in [3.8, 4) is 10.4 Å². The van der Waals surface area contributed by atoms with E-state index in [1.54, 1.807) is 11.3 Å². The van der Waals surface area contributed by atoms with Gasteiger partial charge in [-0.25, -0.2) is 9.97 Å². The Kier molecular flexibility index (Phi) is 3.93. The summed E-state index contributed by atoms with van der Waals surface area (Å²) in [5.41, 5.74) is 4.50. The van der Waals surface area contributed by atoms with Crippen LogP contribution in [0.25, 0.3) is 26.4 Å². The Balaban J connectivity index is 1.63. The third kappa shape index (κ3) is 2.88. The number of hydrogen-bond acceptors (Lipinski definition) is 6. The first-order valence-electron chi connectivity index (χ1n) is 9.65. The average Bonchev–Trinajstić information content (AvgIpc) is 3.35. The summed E-state index contributed by atoms with van der Waals surface area (Å²) < 4.78 is 7.67. The molecule has 1 N–H and O–H groups in total. The molecule has 1 unspecified atom stereocenters. The van der Waals surface area contributed by atoms with Crippen molar-refractivity contribution >= 4 is 39.1 Å². The van der Waals surface area contributed by atoms with Gasteiger partial charge < -0.3 is 10.1 Å². The summed E-state index contributed by atoms with van der Waals surface area (Å²) in [5.74, 6) is 0.412. The largest absolute Gasteiger partial charge is 0.459 e. The molecule has 0 amide bonds. The summed E-state index contributed by atoms with van der Waals surface area (Å²) in [6, 6.07) is 10.3. The number of aromatic nitrogens is 3. The Morgan fingerprint density at radius 2 is 2.14 bits per heavy atom. The number of aryl methyl sites for hydroxylation is 1. The fraction of sp³-hybridized carbons (Fsp3) is 0.318. The molecule has 148 valence electrons. The van der Waals surface area contributed by atoms with E-state index in [1.807, 2.05) is 46.1 Å². The minimum Gasteiger partial charge on any atom is -0.459 e. The van der Waals surface area contributed by atoms with Gasteiger partial charge in [0.25, 0.3) is 0 Å². The number of hydrogen-bond donors (Lipinski definition) is 1. The zero-order chi connectivity index (χ0) is 20.3. The fourth-order valence-corrected chi connectivity index (χ4v) is 5.23. The number of carbonyl (C=O) groups is 1. The number of nitrogens with one attached hydrogen (secondary N) is 1. The van der Waals surface area contributed by atoms with E-state index < -0.39 is 5.60 Å². The van der Waals surface area contributed by atoms with Crippen LogP contribution in [0.15, 0.2) is 36.5 Å². The SMILES string of the molecule is CNc1nc2cc(-c3cccc(C4CC(C)(C)OC4=O)c3)sc2n2c(C)cnc12. The van der Waals surface area contributed by atoms with Crippen molar-refractivity contribution < 1.29 is 9.53 Å². The Morgan fingerprint density at radius 1 is 1.31 bits per heavy atom. The van der Waals surface area contributed by atoms with Gasteiger partial charge >= 0.3 is 5.97 Å². The van der Waals surface area contributed by atoms with Crippen LogP contribution in [0.5, 0.6) is 0 Å². The van der Waals surface area contributed by atoms with Crippen LogP contribution in [0.1, 0.15) is 37.4 Å². The van der Waals surface area contributed by atoms with Gasteiger partial charge in [0.2, 0.25) is 0 Å². The van der Waals surface area contributed by atoms with E-state index in [-0.39, 0.29) is 11.9 Å². The first-order chi connectivity index (χ1) is 13.9. The number of esters is 1.